The lowest BCUT2D eigenvalue weighted by atomic mass is 9.91. The highest BCUT2D eigenvalue weighted by Crippen LogP contribution is 2.19. The molecule has 1 N–H and O–H groups in total. The fourth-order valence-corrected chi connectivity index (χ4v) is 1.65. The van der Waals surface area contributed by atoms with E-state index in [-0.39, 0.29) is 0 Å². The minimum Gasteiger partial charge on any atom is -0.390 e. The molecule has 0 heterocycles. The Morgan fingerprint density at radius 3 is 2.47 bits per heavy atom. The van der Waals surface area contributed by atoms with Crippen LogP contribution in [0.15, 0.2) is 36.9 Å². The van der Waals surface area contributed by atoms with E-state index in [1.54, 1.807) is 0 Å². The minimum absolute atomic E-state index is 0.622. The maximum absolute atomic E-state index is 10.1. The van der Waals surface area contributed by atoms with Gasteiger partial charge in [-0.25, -0.2) is 0 Å². The third-order valence-corrected chi connectivity index (χ3v) is 2.59. The summed E-state index contributed by atoms with van der Waals surface area (Å²) in [4.78, 5) is 0. The second kappa shape index (κ2) is 5.13. The predicted octanol–water partition coefficient (Wildman–Crippen LogP) is 3.25. The molecule has 0 aliphatic carbocycles. The van der Waals surface area contributed by atoms with Crippen LogP contribution in [-0.4, -0.2) is 10.7 Å². The Bertz CT molecular complexity index is 309. The zero-order chi connectivity index (χ0) is 11.3. The molecule has 0 bridgehead atoms. The average molecular weight is 204 g/mol. The fraction of sp³-hybridized carbons (Fsp3) is 0.429. The molecular weight excluding hydrogens is 184 g/mol. The average Bonchev–Trinajstić information content (AvgIpc) is 2.18. The lowest BCUT2D eigenvalue weighted by molar-refractivity contribution is 0.0523. The van der Waals surface area contributed by atoms with E-state index in [0.717, 1.165) is 12.8 Å². The first-order valence-corrected chi connectivity index (χ1v) is 5.42. The van der Waals surface area contributed by atoms with Crippen molar-refractivity contribution in [3.8, 4) is 0 Å². The number of aliphatic hydroxyl groups is 1. The number of benzene rings is 1. The Labute approximate surface area is 92.5 Å². The van der Waals surface area contributed by atoms with Gasteiger partial charge in [0, 0.05) is 6.42 Å². The zero-order valence-corrected chi connectivity index (χ0v) is 9.66. The van der Waals surface area contributed by atoms with E-state index in [4.69, 9.17) is 0 Å². The molecule has 0 saturated carbocycles. The summed E-state index contributed by atoms with van der Waals surface area (Å²) in [5.74, 6) is 0. The van der Waals surface area contributed by atoms with E-state index < -0.39 is 5.60 Å². The molecule has 15 heavy (non-hydrogen) atoms. The lowest BCUT2D eigenvalue weighted by Gasteiger charge is -2.22. The Balaban J connectivity index is 2.59. The standard InChI is InChI=1S/C14H20O/c1-4-5-10-14(3,15)11-13-8-6-12(2)7-9-13/h4,6-9,15H,1,5,10-11H2,2-3H3. The van der Waals surface area contributed by atoms with Crippen molar-refractivity contribution >= 4 is 0 Å². The monoisotopic (exact) mass is 204 g/mol. The molecule has 0 aliphatic rings. The molecule has 0 aromatic heterocycles. The number of aryl methyl sites for hydroxylation is 1. The van der Waals surface area contributed by atoms with E-state index in [0.29, 0.717) is 6.42 Å². The lowest BCUT2D eigenvalue weighted by Crippen LogP contribution is -2.26. The molecule has 0 aliphatic heterocycles. The molecule has 82 valence electrons. The van der Waals surface area contributed by atoms with Crippen LogP contribution in [0.2, 0.25) is 0 Å². The molecule has 1 atom stereocenters. The van der Waals surface area contributed by atoms with Crippen LogP contribution in [0.3, 0.4) is 0 Å². The highest BCUT2D eigenvalue weighted by Gasteiger charge is 2.19. The van der Waals surface area contributed by atoms with Crippen LogP contribution >= 0.6 is 0 Å². The third kappa shape index (κ3) is 4.30. The molecule has 1 aromatic rings. The molecule has 0 radical (unpaired) electrons. The maximum Gasteiger partial charge on any atom is 0.0662 e. The van der Waals surface area contributed by atoms with Gasteiger partial charge in [0.05, 0.1) is 5.60 Å². The van der Waals surface area contributed by atoms with Crippen molar-refractivity contribution < 1.29 is 5.11 Å². The molecule has 1 unspecified atom stereocenters. The zero-order valence-electron chi connectivity index (χ0n) is 9.66. The predicted molar refractivity (Wildman–Crippen MR) is 64.9 cm³/mol. The summed E-state index contributed by atoms with van der Waals surface area (Å²) in [6, 6.07) is 8.33. The Kier molecular flexibility index (Phi) is 4.10. The Morgan fingerprint density at radius 1 is 1.33 bits per heavy atom. The Hall–Kier alpha value is -1.08. The van der Waals surface area contributed by atoms with E-state index in [1.165, 1.54) is 11.1 Å². The van der Waals surface area contributed by atoms with Gasteiger partial charge in [0.25, 0.3) is 0 Å². The minimum atomic E-state index is -0.622. The van der Waals surface area contributed by atoms with Crippen molar-refractivity contribution in [2.45, 2.75) is 38.7 Å². The van der Waals surface area contributed by atoms with Gasteiger partial charge in [-0.05, 0) is 32.3 Å². The quantitative estimate of drug-likeness (QED) is 0.730. The summed E-state index contributed by atoms with van der Waals surface area (Å²) in [7, 11) is 0. The number of rotatable bonds is 5. The molecule has 0 fully saturated rings. The summed E-state index contributed by atoms with van der Waals surface area (Å²) < 4.78 is 0. The van der Waals surface area contributed by atoms with E-state index in [1.807, 2.05) is 13.0 Å². The van der Waals surface area contributed by atoms with Crippen LogP contribution in [-0.2, 0) is 6.42 Å². The maximum atomic E-state index is 10.1. The second-order valence-corrected chi connectivity index (χ2v) is 4.49. The van der Waals surface area contributed by atoms with Crippen molar-refractivity contribution in [1.82, 2.24) is 0 Å². The first kappa shape index (κ1) is 12.0. The van der Waals surface area contributed by atoms with Crippen molar-refractivity contribution in [2.24, 2.45) is 0 Å². The molecule has 1 heteroatoms. The van der Waals surface area contributed by atoms with Gasteiger partial charge in [0.15, 0.2) is 0 Å². The van der Waals surface area contributed by atoms with Gasteiger partial charge in [-0.2, -0.15) is 0 Å². The first-order chi connectivity index (χ1) is 7.03. The molecule has 1 nitrogen and oxygen atoms in total. The van der Waals surface area contributed by atoms with Gasteiger partial charge < -0.3 is 5.11 Å². The molecule has 0 amide bonds. The van der Waals surface area contributed by atoms with Gasteiger partial charge in [-0.1, -0.05) is 35.9 Å². The first-order valence-electron chi connectivity index (χ1n) is 5.42. The molecular formula is C14H20O. The van der Waals surface area contributed by atoms with Crippen LogP contribution in [0, 0.1) is 6.92 Å². The number of allylic oxidation sites excluding steroid dienone is 1. The van der Waals surface area contributed by atoms with E-state index in [9.17, 15) is 5.11 Å². The smallest absolute Gasteiger partial charge is 0.0662 e. The molecule has 0 saturated heterocycles. The van der Waals surface area contributed by atoms with E-state index >= 15 is 0 Å². The van der Waals surface area contributed by atoms with Crippen LogP contribution in [0.5, 0.6) is 0 Å². The van der Waals surface area contributed by atoms with Crippen LogP contribution < -0.4 is 0 Å². The summed E-state index contributed by atoms with van der Waals surface area (Å²) in [6.45, 7) is 7.63. The van der Waals surface area contributed by atoms with E-state index in [2.05, 4.69) is 37.8 Å². The SMILES string of the molecule is C=CCCC(C)(O)Cc1ccc(C)cc1. The van der Waals surface area contributed by atoms with Crippen molar-refractivity contribution in [2.75, 3.05) is 0 Å². The van der Waals surface area contributed by atoms with Gasteiger partial charge >= 0.3 is 0 Å². The summed E-state index contributed by atoms with van der Waals surface area (Å²) >= 11 is 0. The summed E-state index contributed by atoms with van der Waals surface area (Å²) in [6.07, 6.45) is 4.19. The summed E-state index contributed by atoms with van der Waals surface area (Å²) in [5.41, 5.74) is 1.82. The van der Waals surface area contributed by atoms with Gasteiger partial charge in [-0.15, -0.1) is 6.58 Å². The fourth-order valence-electron chi connectivity index (χ4n) is 1.65. The highest BCUT2D eigenvalue weighted by molar-refractivity contribution is 5.22. The normalized spacial score (nSPS) is 14.6. The highest BCUT2D eigenvalue weighted by atomic mass is 16.3. The largest absolute Gasteiger partial charge is 0.390 e. The Morgan fingerprint density at radius 2 is 1.93 bits per heavy atom. The van der Waals surface area contributed by atoms with Crippen LogP contribution in [0.1, 0.15) is 30.9 Å². The number of hydrogen-bond donors (Lipinski definition) is 1. The third-order valence-electron chi connectivity index (χ3n) is 2.59. The number of hydrogen-bond acceptors (Lipinski definition) is 1. The van der Waals surface area contributed by atoms with Gasteiger partial charge in [0.1, 0.15) is 0 Å². The topological polar surface area (TPSA) is 20.2 Å². The molecule has 0 spiro atoms. The van der Waals surface area contributed by atoms with Crippen molar-refractivity contribution in [3.05, 3.63) is 48.0 Å². The van der Waals surface area contributed by atoms with Crippen molar-refractivity contribution in [1.29, 1.82) is 0 Å². The van der Waals surface area contributed by atoms with Gasteiger partial charge in [0.2, 0.25) is 0 Å². The van der Waals surface area contributed by atoms with Gasteiger partial charge in [-0.3, -0.25) is 0 Å². The molecule has 1 aromatic carbocycles. The van der Waals surface area contributed by atoms with Crippen LogP contribution in [0.25, 0.3) is 0 Å². The van der Waals surface area contributed by atoms with Crippen LogP contribution in [0.4, 0.5) is 0 Å². The second-order valence-electron chi connectivity index (χ2n) is 4.49. The molecule has 1 rings (SSSR count). The summed E-state index contributed by atoms with van der Waals surface area (Å²) in [5, 5.41) is 10.1. The van der Waals surface area contributed by atoms with Crippen molar-refractivity contribution in [3.63, 3.8) is 0 Å².